The van der Waals surface area contributed by atoms with Gasteiger partial charge in [-0.2, -0.15) is 0 Å². The van der Waals surface area contributed by atoms with Crippen molar-refractivity contribution in [1.82, 2.24) is 15.5 Å². The average molecular weight is 656 g/mol. The molecule has 6 N–H and O–H groups in total. The lowest BCUT2D eigenvalue weighted by Gasteiger charge is -2.44. The molecule has 13 heteroatoms. The van der Waals surface area contributed by atoms with Gasteiger partial charge in [-0.1, -0.05) is 32.1 Å². The maximum Gasteiger partial charge on any atom is 0.222 e. The fraction of sp³-hybridized carbons (Fsp3) is 0.909. The van der Waals surface area contributed by atoms with Crippen molar-refractivity contribution in [3.63, 3.8) is 0 Å². The SMILES string of the molecule is CC(=O)NC1C(OCCCCCC(=O)NCCCCCC(=O)N2C[C@H](OC3CC(C4CCC4)C3)C[C@H]2CO)OC(CO)C(O)C1O. The molecule has 4 rings (SSSR count). The zero-order valence-corrected chi connectivity index (χ0v) is 27.4. The van der Waals surface area contributed by atoms with Gasteiger partial charge in [-0.15, -0.1) is 0 Å². The van der Waals surface area contributed by atoms with E-state index in [-0.39, 0.29) is 37.2 Å². The van der Waals surface area contributed by atoms with Gasteiger partial charge in [0, 0.05) is 39.5 Å². The summed E-state index contributed by atoms with van der Waals surface area (Å²) in [4.78, 5) is 38.4. The minimum atomic E-state index is -1.36. The summed E-state index contributed by atoms with van der Waals surface area (Å²) in [5.74, 6) is 1.37. The predicted molar refractivity (Wildman–Crippen MR) is 167 cm³/mol. The predicted octanol–water partition coefficient (Wildman–Crippen LogP) is 0.741. The smallest absolute Gasteiger partial charge is 0.222 e. The van der Waals surface area contributed by atoms with E-state index in [2.05, 4.69) is 10.6 Å². The highest BCUT2D eigenvalue weighted by molar-refractivity contribution is 5.77. The van der Waals surface area contributed by atoms with Crippen LogP contribution in [0.3, 0.4) is 0 Å². The molecule has 0 radical (unpaired) electrons. The van der Waals surface area contributed by atoms with E-state index in [0.29, 0.717) is 51.3 Å². The lowest BCUT2D eigenvalue weighted by atomic mass is 9.65. The van der Waals surface area contributed by atoms with E-state index in [1.165, 1.54) is 26.2 Å². The van der Waals surface area contributed by atoms with Gasteiger partial charge in [0.05, 0.1) is 31.5 Å². The number of aliphatic hydroxyl groups excluding tert-OH is 4. The number of carbonyl (C=O) groups excluding carboxylic acids is 3. The van der Waals surface area contributed by atoms with Gasteiger partial charge in [-0.25, -0.2) is 0 Å². The number of rotatable bonds is 19. The standard InChI is InChI=1S/C33H57N3O10/c1-21(39)35-30-32(43)31(42)27(20-38)46-33(30)44-14-7-3-4-11-28(40)34-13-6-2-5-12-29(41)36-18-26(17-24(36)19-37)45-25-15-23(16-25)22-9-8-10-22/h22-27,30-33,37-38,42-43H,2-20H2,1H3,(H,34,40)(H,35,39)/t23?,24-,25?,26+,27?,30?,31?,32?,33?/m0/s1. The number of carbonyl (C=O) groups is 3. The second-order valence-corrected chi connectivity index (χ2v) is 13.7. The topological polar surface area (TPSA) is 187 Å². The van der Waals surface area contributed by atoms with Crippen LogP contribution in [0.4, 0.5) is 0 Å². The van der Waals surface area contributed by atoms with Crippen LogP contribution in [0.5, 0.6) is 0 Å². The van der Waals surface area contributed by atoms with Crippen LogP contribution in [0.25, 0.3) is 0 Å². The molecule has 7 atom stereocenters. The van der Waals surface area contributed by atoms with Crippen LogP contribution in [-0.2, 0) is 28.6 Å². The van der Waals surface area contributed by atoms with Gasteiger partial charge in [-0.05, 0) is 56.8 Å². The molecule has 264 valence electrons. The molecule has 0 spiro atoms. The first kappa shape index (κ1) is 37.0. The molecule has 2 heterocycles. The first-order valence-electron chi connectivity index (χ1n) is 17.5. The fourth-order valence-electron chi connectivity index (χ4n) is 7.15. The molecule has 0 bridgehead atoms. The van der Waals surface area contributed by atoms with Crippen molar-refractivity contribution in [3.05, 3.63) is 0 Å². The molecule has 0 aromatic heterocycles. The number of hydrogen-bond donors (Lipinski definition) is 6. The molecule has 5 unspecified atom stereocenters. The second kappa shape index (κ2) is 18.6. The van der Waals surface area contributed by atoms with Gasteiger partial charge in [0.2, 0.25) is 17.7 Å². The van der Waals surface area contributed by atoms with Gasteiger partial charge in [0.25, 0.3) is 0 Å². The van der Waals surface area contributed by atoms with Crippen molar-refractivity contribution < 1.29 is 49.0 Å². The molecule has 46 heavy (non-hydrogen) atoms. The Hall–Kier alpha value is -1.87. The summed E-state index contributed by atoms with van der Waals surface area (Å²) in [6.45, 7) is 2.14. The summed E-state index contributed by atoms with van der Waals surface area (Å²) in [5, 5.41) is 45.1. The monoisotopic (exact) mass is 655 g/mol. The zero-order chi connectivity index (χ0) is 33.1. The molecular formula is C33H57N3O10. The Balaban J connectivity index is 0.995. The van der Waals surface area contributed by atoms with Crippen molar-refractivity contribution in [2.75, 3.05) is 32.9 Å². The Morgan fingerprint density at radius 3 is 2.28 bits per heavy atom. The number of aliphatic hydroxyl groups is 4. The molecule has 2 saturated heterocycles. The lowest BCUT2D eigenvalue weighted by molar-refractivity contribution is -0.270. The summed E-state index contributed by atoms with van der Waals surface area (Å²) in [5.41, 5.74) is 0. The highest BCUT2D eigenvalue weighted by Crippen LogP contribution is 2.45. The van der Waals surface area contributed by atoms with Crippen LogP contribution < -0.4 is 10.6 Å². The van der Waals surface area contributed by atoms with Crippen LogP contribution in [0, 0.1) is 11.8 Å². The van der Waals surface area contributed by atoms with Gasteiger partial charge < -0.3 is 50.2 Å². The van der Waals surface area contributed by atoms with Gasteiger partial charge in [0.15, 0.2) is 6.29 Å². The maximum absolute atomic E-state index is 12.9. The van der Waals surface area contributed by atoms with E-state index in [4.69, 9.17) is 14.2 Å². The minimum Gasteiger partial charge on any atom is -0.394 e. The second-order valence-electron chi connectivity index (χ2n) is 13.7. The fourth-order valence-corrected chi connectivity index (χ4v) is 7.15. The van der Waals surface area contributed by atoms with Crippen molar-refractivity contribution in [2.45, 2.75) is 146 Å². The third-order valence-corrected chi connectivity index (χ3v) is 10.2. The molecule has 4 fully saturated rings. The first-order valence-corrected chi connectivity index (χ1v) is 17.5. The summed E-state index contributed by atoms with van der Waals surface area (Å²) in [6.07, 6.45) is 7.91. The molecule has 2 aliphatic heterocycles. The molecule has 0 aromatic carbocycles. The number of nitrogens with one attached hydrogen (secondary N) is 2. The number of likely N-dealkylation sites (tertiary alicyclic amines) is 1. The minimum absolute atomic E-state index is 0.0214. The Bertz CT molecular complexity index is 962. The summed E-state index contributed by atoms with van der Waals surface area (Å²) >= 11 is 0. The number of ether oxygens (including phenoxy) is 3. The van der Waals surface area contributed by atoms with Crippen molar-refractivity contribution in [3.8, 4) is 0 Å². The van der Waals surface area contributed by atoms with E-state index in [1.54, 1.807) is 0 Å². The molecule has 0 aromatic rings. The quantitative estimate of drug-likeness (QED) is 0.108. The zero-order valence-electron chi connectivity index (χ0n) is 27.4. The van der Waals surface area contributed by atoms with Crippen molar-refractivity contribution in [2.24, 2.45) is 11.8 Å². The van der Waals surface area contributed by atoms with Crippen LogP contribution >= 0.6 is 0 Å². The van der Waals surface area contributed by atoms with Crippen LogP contribution in [0.15, 0.2) is 0 Å². The number of nitrogens with zero attached hydrogens (tertiary/aromatic N) is 1. The molecule has 3 amide bonds. The normalized spacial score (nSPS) is 32.9. The lowest BCUT2D eigenvalue weighted by Crippen LogP contribution is -2.64. The Kier molecular flexibility index (Phi) is 15.0. The van der Waals surface area contributed by atoms with E-state index in [0.717, 1.165) is 50.4 Å². The maximum atomic E-state index is 12.9. The van der Waals surface area contributed by atoms with Crippen LogP contribution in [-0.4, -0.2) is 125 Å². The molecule has 2 saturated carbocycles. The molecule has 13 nitrogen and oxygen atoms in total. The molecule has 4 aliphatic rings. The van der Waals surface area contributed by atoms with Gasteiger partial charge >= 0.3 is 0 Å². The Morgan fingerprint density at radius 2 is 1.61 bits per heavy atom. The Labute approximate surface area is 272 Å². The first-order chi connectivity index (χ1) is 22.2. The number of hydrogen-bond acceptors (Lipinski definition) is 10. The van der Waals surface area contributed by atoms with Crippen LogP contribution in [0.1, 0.15) is 96.8 Å². The van der Waals surface area contributed by atoms with Crippen molar-refractivity contribution in [1.29, 1.82) is 0 Å². The van der Waals surface area contributed by atoms with E-state index >= 15 is 0 Å². The highest BCUT2D eigenvalue weighted by atomic mass is 16.7. The summed E-state index contributed by atoms with van der Waals surface area (Å²) < 4.78 is 17.5. The average Bonchev–Trinajstić information content (AvgIpc) is 3.40. The summed E-state index contributed by atoms with van der Waals surface area (Å²) in [6, 6.07) is -1.13. The Morgan fingerprint density at radius 1 is 0.870 bits per heavy atom. The van der Waals surface area contributed by atoms with Crippen LogP contribution in [0.2, 0.25) is 0 Å². The molecule has 2 aliphatic carbocycles. The third kappa shape index (κ3) is 10.6. The highest BCUT2D eigenvalue weighted by Gasteiger charge is 2.45. The van der Waals surface area contributed by atoms with E-state index < -0.39 is 43.2 Å². The largest absolute Gasteiger partial charge is 0.394 e. The van der Waals surface area contributed by atoms with Crippen molar-refractivity contribution >= 4 is 17.7 Å². The number of amides is 3. The summed E-state index contributed by atoms with van der Waals surface area (Å²) in [7, 11) is 0. The molecular weight excluding hydrogens is 598 g/mol. The number of unbranched alkanes of at least 4 members (excludes halogenated alkanes) is 4. The van der Waals surface area contributed by atoms with Gasteiger partial charge in [-0.3, -0.25) is 14.4 Å². The van der Waals surface area contributed by atoms with Gasteiger partial charge in [0.1, 0.15) is 24.4 Å². The third-order valence-electron chi connectivity index (χ3n) is 10.2. The van der Waals surface area contributed by atoms with E-state index in [9.17, 15) is 34.8 Å². The van der Waals surface area contributed by atoms with E-state index in [1.807, 2.05) is 4.90 Å².